The lowest BCUT2D eigenvalue weighted by Gasteiger charge is -2.11. The molecule has 2 aromatic rings. The molecule has 88 valence electrons. The van der Waals surface area contributed by atoms with E-state index in [1.165, 1.54) is 6.33 Å². The van der Waals surface area contributed by atoms with Gasteiger partial charge in [-0.1, -0.05) is 11.6 Å². The summed E-state index contributed by atoms with van der Waals surface area (Å²) in [6, 6.07) is 5.10. The molecule has 0 saturated carbocycles. The lowest BCUT2D eigenvalue weighted by atomic mass is 10.1. The summed E-state index contributed by atoms with van der Waals surface area (Å²) in [4.78, 5) is 19.0. The Morgan fingerprint density at radius 2 is 2.18 bits per heavy atom. The number of anilines is 1. The zero-order valence-corrected chi connectivity index (χ0v) is 9.64. The van der Waals surface area contributed by atoms with Crippen LogP contribution in [0.3, 0.4) is 0 Å². The third-order valence-corrected chi connectivity index (χ3v) is 2.51. The fourth-order valence-corrected chi connectivity index (χ4v) is 1.55. The summed E-state index contributed by atoms with van der Waals surface area (Å²) in [6.45, 7) is 3.54. The van der Waals surface area contributed by atoms with Crippen LogP contribution in [0.25, 0.3) is 10.9 Å². The maximum Gasteiger partial charge on any atom is 0.325 e. The molecule has 0 aliphatic heterocycles. The van der Waals surface area contributed by atoms with Crippen molar-refractivity contribution in [3.63, 3.8) is 0 Å². The van der Waals surface area contributed by atoms with E-state index in [2.05, 4.69) is 15.3 Å². The number of aryl methyl sites for hydroxylation is 1. The number of carboxylic acid groups (broad SMARTS) is 1. The maximum absolute atomic E-state index is 10.8. The lowest BCUT2D eigenvalue weighted by Crippen LogP contribution is -2.26. The van der Waals surface area contributed by atoms with E-state index < -0.39 is 12.0 Å². The van der Waals surface area contributed by atoms with Crippen LogP contribution in [-0.4, -0.2) is 27.1 Å². The third-order valence-electron chi connectivity index (χ3n) is 2.51. The zero-order chi connectivity index (χ0) is 12.4. The Morgan fingerprint density at radius 3 is 2.88 bits per heavy atom. The molecule has 1 aromatic carbocycles. The third kappa shape index (κ3) is 2.33. The highest BCUT2D eigenvalue weighted by Crippen LogP contribution is 2.20. The van der Waals surface area contributed by atoms with E-state index in [1.54, 1.807) is 6.92 Å². The molecule has 5 nitrogen and oxygen atoms in total. The summed E-state index contributed by atoms with van der Waals surface area (Å²) in [5.41, 5.74) is 1.88. The summed E-state index contributed by atoms with van der Waals surface area (Å²) < 4.78 is 0. The van der Waals surface area contributed by atoms with Crippen molar-refractivity contribution >= 4 is 22.7 Å². The minimum absolute atomic E-state index is 0.550. The number of rotatable bonds is 3. The molecular weight excluding hydrogens is 218 g/mol. The van der Waals surface area contributed by atoms with Crippen LogP contribution in [0.2, 0.25) is 0 Å². The number of hydrogen-bond acceptors (Lipinski definition) is 4. The molecule has 0 spiro atoms. The molecule has 2 rings (SSSR count). The highest BCUT2D eigenvalue weighted by molar-refractivity contribution is 5.91. The first-order valence-electron chi connectivity index (χ1n) is 5.28. The van der Waals surface area contributed by atoms with Crippen molar-refractivity contribution in [2.75, 3.05) is 5.32 Å². The van der Waals surface area contributed by atoms with E-state index in [0.29, 0.717) is 5.82 Å². The van der Waals surface area contributed by atoms with Gasteiger partial charge in [0.15, 0.2) is 0 Å². The topological polar surface area (TPSA) is 75.1 Å². The van der Waals surface area contributed by atoms with E-state index in [9.17, 15) is 4.79 Å². The average Bonchev–Trinajstić information content (AvgIpc) is 2.29. The lowest BCUT2D eigenvalue weighted by molar-refractivity contribution is -0.137. The van der Waals surface area contributed by atoms with Gasteiger partial charge in [0.2, 0.25) is 0 Å². The molecule has 1 unspecified atom stereocenters. The Morgan fingerprint density at radius 1 is 1.41 bits per heavy atom. The van der Waals surface area contributed by atoms with Gasteiger partial charge in [-0.25, -0.2) is 9.97 Å². The molecule has 0 radical (unpaired) electrons. The Labute approximate surface area is 98.5 Å². The predicted octanol–water partition coefficient (Wildman–Crippen LogP) is 1.82. The standard InChI is InChI=1S/C12H13N3O2/c1-7-3-4-10-9(5-7)11(14-6-13-10)15-8(2)12(16)17/h3-6,8H,1-2H3,(H,16,17)(H,13,14,15). The smallest absolute Gasteiger partial charge is 0.325 e. The molecule has 17 heavy (non-hydrogen) atoms. The minimum atomic E-state index is -0.913. The number of aromatic nitrogens is 2. The fourth-order valence-electron chi connectivity index (χ4n) is 1.55. The number of carboxylic acids is 1. The molecule has 0 amide bonds. The van der Waals surface area contributed by atoms with Crippen LogP contribution in [0.15, 0.2) is 24.5 Å². The quantitative estimate of drug-likeness (QED) is 0.842. The van der Waals surface area contributed by atoms with Crippen molar-refractivity contribution < 1.29 is 9.90 Å². The van der Waals surface area contributed by atoms with Gasteiger partial charge in [-0.05, 0) is 26.0 Å². The largest absolute Gasteiger partial charge is 0.480 e. The molecular formula is C12H13N3O2. The second-order valence-corrected chi connectivity index (χ2v) is 3.95. The number of aliphatic carboxylic acids is 1. The van der Waals surface area contributed by atoms with Gasteiger partial charge >= 0.3 is 5.97 Å². The molecule has 0 aliphatic rings. The molecule has 0 bridgehead atoms. The molecule has 2 N–H and O–H groups in total. The van der Waals surface area contributed by atoms with Gasteiger partial charge in [-0.2, -0.15) is 0 Å². The van der Waals surface area contributed by atoms with Gasteiger partial charge in [0.05, 0.1) is 5.52 Å². The van der Waals surface area contributed by atoms with Crippen molar-refractivity contribution in [3.8, 4) is 0 Å². The number of benzene rings is 1. The summed E-state index contributed by atoms with van der Waals surface area (Å²) in [7, 11) is 0. The van der Waals surface area contributed by atoms with Crippen molar-refractivity contribution in [1.82, 2.24) is 9.97 Å². The first-order chi connectivity index (χ1) is 8.08. The van der Waals surface area contributed by atoms with Crippen LogP contribution in [0.1, 0.15) is 12.5 Å². The van der Waals surface area contributed by atoms with E-state index in [4.69, 9.17) is 5.11 Å². The normalized spacial score (nSPS) is 12.4. The SMILES string of the molecule is Cc1ccc2ncnc(NC(C)C(=O)O)c2c1. The minimum Gasteiger partial charge on any atom is -0.480 e. The molecule has 0 aliphatic carbocycles. The first kappa shape index (κ1) is 11.3. The van der Waals surface area contributed by atoms with Crippen LogP contribution in [0.4, 0.5) is 5.82 Å². The summed E-state index contributed by atoms with van der Waals surface area (Å²) in [6.07, 6.45) is 1.43. The van der Waals surface area contributed by atoms with Gasteiger partial charge in [-0.3, -0.25) is 4.79 Å². The van der Waals surface area contributed by atoms with Crippen LogP contribution >= 0.6 is 0 Å². The van der Waals surface area contributed by atoms with E-state index in [-0.39, 0.29) is 0 Å². The Balaban J connectivity index is 2.46. The number of carbonyl (C=O) groups is 1. The molecule has 1 atom stereocenters. The molecule has 5 heteroatoms. The van der Waals surface area contributed by atoms with Gasteiger partial charge < -0.3 is 10.4 Å². The summed E-state index contributed by atoms with van der Waals surface area (Å²) >= 11 is 0. The number of hydrogen-bond donors (Lipinski definition) is 2. The molecule has 0 fully saturated rings. The van der Waals surface area contributed by atoms with Gasteiger partial charge in [0.25, 0.3) is 0 Å². The number of nitrogens with zero attached hydrogens (tertiary/aromatic N) is 2. The Bertz CT molecular complexity index is 569. The Hall–Kier alpha value is -2.17. The van der Waals surface area contributed by atoms with E-state index >= 15 is 0 Å². The monoisotopic (exact) mass is 231 g/mol. The summed E-state index contributed by atoms with van der Waals surface area (Å²) in [5, 5.41) is 12.6. The van der Waals surface area contributed by atoms with Crippen molar-refractivity contribution in [2.45, 2.75) is 19.9 Å². The van der Waals surface area contributed by atoms with Crippen molar-refractivity contribution in [3.05, 3.63) is 30.1 Å². The fraction of sp³-hybridized carbons (Fsp3) is 0.250. The van der Waals surface area contributed by atoms with Gasteiger partial charge in [0, 0.05) is 5.39 Å². The average molecular weight is 231 g/mol. The maximum atomic E-state index is 10.8. The highest BCUT2D eigenvalue weighted by atomic mass is 16.4. The molecule has 1 heterocycles. The van der Waals surface area contributed by atoms with Crippen molar-refractivity contribution in [1.29, 1.82) is 0 Å². The van der Waals surface area contributed by atoms with Crippen LogP contribution < -0.4 is 5.32 Å². The number of fused-ring (bicyclic) bond motifs is 1. The van der Waals surface area contributed by atoms with Crippen LogP contribution in [0.5, 0.6) is 0 Å². The predicted molar refractivity (Wildman–Crippen MR) is 65.0 cm³/mol. The summed E-state index contributed by atoms with van der Waals surface area (Å²) in [5.74, 6) is -0.363. The van der Waals surface area contributed by atoms with E-state index in [1.807, 2.05) is 25.1 Å². The highest BCUT2D eigenvalue weighted by Gasteiger charge is 2.12. The van der Waals surface area contributed by atoms with Crippen molar-refractivity contribution in [2.24, 2.45) is 0 Å². The second kappa shape index (κ2) is 4.37. The second-order valence-electron chi connectivity index (χ2n) is 3.95. The van der Waals surface area contributed by atoms with Crippen LogP contribution in [0, 0.1) is 6.92 Å². The molecule has 1 aromatic heterocycles. The van der Waals surface area contributed by atoms with Gasteiger partial charge in [0.1, 0.15) is 18.2 Å². The van der Waals surface area contributed by atoms with E-state index in [0.717, 1.165) is 16.5 Å². The Kier molecular flexibility index (Phi) is 2.91. The van der Waals surface area contributed by atoms with Gasteiger partial charge in [-0.15, -0.1) is 0 Å². The first-order valence-corrected chi connectivity index (χ1v) is 5.28. The zero-order valence-electron chi connectivity index (χ0n) is 9.64. The molecule has 0 saturated heterocycles. The number of nitrogens with one attached hydrogen (secondary N) is 1. The van der Waals surface area contributed by atoms with Crippen LogP contribution in [-0.2, 0) is 4.79 Å².